The molecule has 5 nitrogen and oxygen atoms in total. The number of aromatic nitrogens is 1. The van der Waals surface area contributed by atoms with Gasteiger partial charge in [0, 0.05) is 43.0 Å². The van der Waals surface area contributed by atoms with E-state index in [1.807, 2.05) is 29.2 Å². The molecule has 1 aliphatic heterocycles. The highest BCUT2D eigenvalue weighted by Gasteiger charge is 2.25. The number of nitrogens with zero attached hydrogens (tertiary/aromatic N) is 2. The molecule has 25 heavy (non-hydrogen) atoms. The van der Waals surface area contributed by atoms with Gasteiger partial charge in [0.1, 0.15) is 5.75 Å². The number of ether oxygens (including phenoxy) is 1. The van der Waals surface area contributed by atoms with Crippen LogP contribution < -0.4 is 10.1 Å². The second-order valence-electron chi connectivity index (χ2n) is 7.05. The highest BCUT2D eigenvalue weighted by molar-refractivity contribution is 5.74. The molecule has 1 N–H and O–H groups in total. The van der Waals surface area contributed by atoms with Crippen LogP contribution in [0.4, 0.5) is 4.79 Å². The van der Waals surface area contributed by atoms with E-state index in [2.05, 4.69) is 30.2 Å². The molecule has 0 aliphatic carbocycles. The largest absolute Gasteiger partial charge is 0.496 e. The summed E-state index contributed by atoms with van der Waals surface area (Å²) < 4.78 is 5.43. The molecular weight excluding hydrogens is 314 g/mol. The number of fused-ring (bicyclic) bond motifs is 1. The van der Waals surface area contributed by atoms with Crippen LogP contribution in [-0.2, 0) is 18.4 Å². The zero-order valence-electron chi connectivity index (χ0n) is 15.1. The van der Waals surface area contributed by atoms with E-state index in [0.29, 0.717) is 19.6 Å². The normalized spacial score (nSPS) is 14.0. The first kappa shape index (κ1) is 17.3. The van der Waals surface area contributed by atoms with Crippen molar-refractivity contribution in [2.45, 2.75) is 32.2 Å². The number of methoxy groups -OCH3 is 1. The van der Waals surface area contributed by atoms with E-state index < -0.39 is 0 Å². The fraction of sp³-hybridized carbons (Fsp3) is 0.400. The maximum Gasteiger partial charge on any atom is 0.317 e. The van der Waals surface area contributed by atoms with Crippen molar-refractivity contribution in [2.75, 3.05) is 20.2 Å². The Labute approximate surface area is 149 Å². The Bertz CT molecular complexity index is 744. The highest BCUT2D eigenvalue weighted by atomic mass is 16.5. The van der Waals surface area contributed by atoms with E-state index in [-0.39, 0.29) is 11.4 Å². The first-order valence-electron chi connectivity index (χ1n) is 8.59. The number of hydrogen-bond acceptors (Lipinski definition) is 3. The van der Waals surface area contributed by atoms with Crippen LogP contribution in [0.25, 0.3) is 0 Å². The standard InChI is InChI=1S/C20H25N3O2/c1-20(2,16-7-10-21-11-8-16)14-22-19(24)23-12-9-17-15(13-23)5-4-6-18(17)25-3/h4-8,10-11H,9,12-14H2,1-3H3,(H,22,24). The summed E-state index contributed by atoms with van der Waals surface area (Å²) in [5.74, 6) is 0.913. The van der Waals surface area contributed by atoms with E-state index in [0.717, 1.165) is 23.3 Å². The van der Waals surface area contributed by atoms with Crippen LogP contribution in [0.5, 0.6) is 5.75 Å². The molecule has 1 aromatic carbocycles. The number of carbonyl (C=O) groups is 1. The molecular formula is C20H25N3O2. The molecule has 132 valence electrons. The summed E-state index contributed by atoms with van der Waals surface area (Å²) in [6, 6.07) is 10.00. The Kier molecular flexibility index (Phi) is 4.93. The summed E-state index contributed by atoms with van der Waals surface area (Å²) in [6.45, 7) is 6.15. The van der Waals surface area contributed by atoms with Gasteiger partial charge in [-0.15, -0.1) is 0 Å². The van der Waals surface area contributed by atoms with Crippen molar-refractivity contribution in [3.8, 4) is 5.75 Å². The summed E-state index contributed by atoms with van der Waals surface area (Å²) in [4.78, 5) is 18.5. The lowest BCUT2D eigenvalue weighted by Crippen LogP contribution is -2.46. The summed E-state index contributed by atoms with van der Waals surface area (Å²) in [5, 5.41) is 3.09. The number of hydrogen-bond donors (Lipinski definition) is 1. The lowest BCUT2D eigenvalue weighted by molar-refractivity contribution is 0.189. The molecule has 5 heteroatoms. The SMILES string of the molecule is COc1cccc2c1CCN(C(=O)NCC(C)(C)c1ccncc1)C2. The van der Waals surface area contributed by atoms with Gasteiger partial charge in [0.2, 0.25) is 0 Å². The van der Waals surface area contributed by atoms with E-state index >= 15 is 0 Å². The fourth-order valence-electron chi connectivity index (χ4n) is 3.25. The number of rotatable bonds is 4. The molecule has 2 amide bonds. The third kappa shape index (κ3) is 3.76. The van der Waals surface area contributed by atoms with Crippen LogP contribution in [-0.4, -0.2) is 36.1 Å². The van der Waals surface area contributed by atoms with Crippen molar-refractivity contribution in [1.29, 1.82) is 0 Å². The number of amides is 2. The summed E-state index contributed by atoms with van der Waals surface area (Å²) in [7, 11) is 1.69. The molecule has 1 aromatic heterocycles. The minimum absolute atomic E-state index is 0.0180. The Morgan fingerprint density at radius 3 is 2.76 bits per heavy atom. The molecule has 2 heterocycles. The Morgan fingerprint density at radius 2 is 2.04 bits per heavy atom. The molecule has 1 aliphatic rings. The van der Waals surface area contributed by atoms with Gasteiger partial charge in [-0.1, -0.05) is 26.0 Å². The highest BCUT2D eigenvalue weighted by Crippen LogP contribution is 2.28. The third-order valence-corrected chi connectivity index (χ3v) is 4.87. The van der Waals surface area contributed by atoms with Crippen LogP contribution in [0.3, 0.4) is 0 Å². The second kappa shape index (κ2) is 7.13. The Balaban J connectivity index is 1.63. The minimum atomic E-state index is -0.143. The monoisotopic (exact) mass is 339 g/mol. The van der Waals surface area contributed by atoms with E-state index in [1.54, 1.807) is 19.5 Å². The predicted octanol–water partition coefficient (Wildman–Crippen LogP) is 3.14. The second-order valence-corrected chi connectivity index (χ2v) is 7.05. The summed E-state index contributed by atoms with van der Waals surface area (Å²) >= 11 is 0. The maximum atomic E-state index is 12.6. The van der Waals surface area contributed by atoms with Gasteiger partial charge < -0.3 is 15.0 Å². The molecule has 0 spiro atoms. The minimum Gasteiger partial charge on any atom is -0.496 e. The van der Waals surface area contributed by atoms with Gasteiger partial charge in [0.15, 0.2) is 0 Å². The first-order valence-corrected chi connectivity index (χ1v) is 8.59. The first-order chi connectivity index (χ1) is 12.0. The third-order valence-electron chi connectivity index (χ3n) is 4.87. The fourth-order valence-corrected chi connectivity index (χ4v) is 3.25. The van der Waals surface area contributed by atoms with Gasteiger partial charge in [-0.25, -0.2) is 4.79 Å². The quantitative estimate of drug-likeness (QED) is 0.931. The van der Waals surface area contributed by atoms with Gasteiger partial charge in [-0.3, -0.25) is 4.98 Å². The van der Waals surface area contributed by atoms with Gasteiger partial charge >= 0.3 is 6.03 Å². The van der Waals surface area contributed by atoms with Crippen molar-refractivity contribution in [3.05, 3.63) is 59.4 Å². The molecule has 0 fully saturated rings. The number of carbonyl (C=O) groups excluding carboxylic acids is 1. The van der Waals surface area contributed by atoms with Crippen molar-refractivity contribution in [1.82, 2.24) is 15.2 Å². The number of pyridine rings is 1. The van der Waals surface area contributed by atoms with Gasteiger partial charge in [-0.05, 0) is 35.7 Å². The van der Waals surface area contributed by atoms with Gasteiger partial charge in [0.05, 0.1) is 7.11 Å². The van der Waals surface area contributed by atoms with Crippen molar-refractivity contribution < 1.29 is 9.53 Å². The topological polar surface area (TPSA) is 54.5 Å². The average Bonchev–Trinajstić information content (AvgIpc) is 2.66. The molecule has 0 atom stereocenters. The van der Waals surface area contributed by atoms with Crippen LogP contribution in [0, 0.1) is 0 Å². The van der Waals surface area contributed by atoms with E-state index in [1.165, 1.54) is 5.56 Å². The molecule has 2 aromatic rings. The Hall–Kier alpha value is -2.56. The van der Waals surface area contributed by atoms with Gasteiger partial charge in [-0.2, -0.15) is 0 Å². The van der Waals surface area contributed by atoms with E-state index in [4.69, 9.17) is 4.74 Å². The lowest BCUT2D eigenvalue weighted by atomic mass is 9.85. The predicted molar refractivity (Wildman–Crippen MR) is 97.8 cm³/mol. The molecule has 0 bridgehead atoms. The maximum absolute atomic E-state index is 12.6. The number of benzene rings is 1. The number of nitrogens with one attached hydrogen (secondary N) is 1. The van der Waals surface area contributed by atoms with Crippen molar-refractivity contribution >= 4 is 6.03 Å². The molecule has 3 rings (SSSR count). The smallest absolute Gasteiger partial charge is 0.317 e. The number of urea groups is 1. The van der Waals surface area contributed by atoms with E-state index in [9.17, 15) is 4.79 Å². The zero-order chi connectivity index (χ0) is 17.9. The van der Waals surface area contributed by atoms with Crippen molar-refractivity contribution in [2.24, 2.45) is 0 Å². The summed E-state index contributed by atoms with van der Waals surface area (Å²) in [6.07, 6.45) is 4.39. The zero-order valence-corrected chi connectivity index (χ0v) is 15.1. The average molecular weight is 339 g/mol. The van der Waals surface area contributed by atoms with Crippen molar-refractivity contribution in [3.63, 3.8) is 0 Å². The van der Waals surface area contributed by atoms with Crippen LogP contribution >= 0.6 is 0 Å². The Morgan fingerprint density at radius 1 is 1.28 bits per heavy atom. The molecule has 0 saturated heterocycles. The van der Waals surface area contributed by atoms with Crippen LogP contribution in [0.15, 0.2) is 42.7 Å². The molecule has 0 saturated carbocycles. The lowest BCUT2D eigenvalue weighted by Gasteiger charge is -2.32. The van der Waals surface area contributed by atoms with Crippen LogP contribution in [0.2, 0.25) is 0 Å². The van der Waals surface area contributed by atoms with Crippen LogP contribution in [0.1, 0.15) is 30.5 Å². The molecule has 0 unspecified atom stereocenters. The van der Waals surface area contributed by atoms with Gasteiger partial charge in [0.25, 0.3) is 0 Å². The summed E-state index contributed by atoms with van der Waals surface area (Å²) in [5.41, 5.74) is 3.40. The molecule has 0 radical (unpaired) electrons.